The molecule has 0 aliphatic rings. The SMILES string of the molecule is CCOC(=O)[C@H](c1ccc[nH]1)[C@H](C)[N+](=O)[O-]. The highest BCUT2D eigenvalue weighted by molar-refractivity contribution is 5.78. The Balaban J connectivity index is 2.94. The van der Waals surface area contributed by atoms with E-state index in [0.717, 1.165) is 0 Å². The van der Waals surface area contributed by atoms with Gasteiger partial charge in [0.2, 0.25) is 6.04 Å². The van der Waals surface area contributed by atoms with Crippen molar-refractivity contribution in [3.63, 3.8) is 0 Å². The van der Waals surface area contributed by atoms with Crippen molar-refractivity contribution in [1.29, 1.82) is 0 Å². The number of H-pyrrole nitrogens is 1. The number of esters is 1. The summed E-state index contributed by atoms with van der Waals surface area (Å²) in [5, 5.41) is 10.7. The molecule has 0 bridgehead atoms. The van der Waals surface area contributed by atoms with Gasteiger partial charge in [0.15, 0.2) is 5.92 Å². The van der Waals surface area contributed by atoms with Crippen molar-refractivity contribution in [2.75, 3.05) is 6.61 Å². The summed E-state index contributed by atoms with van der Waals surface area (Å²) >= 11 is 0. The number of rotatable bonds is 5. The summed E-state index contributed by atoms with van der Waals surface area (Å²) in [5.41, 5.74) is 0.502. The van der Waals surface area contributed by atoms with Gasteiger partial charge >= 0.3 is 5.97 Å². The van der Waals surface area contributed by atoms with E-state index in [1.165, 1.54) is 6.92 Å². The molecule has 0 radical (unpaired) electrons. The molecule has 0 unspecified atom stereocenters. The van der Waals surface area contributed by atoms with E-state index in [1.54, 1.807) is 25.3 Å². The van der Waals surface area contributed by atoms with Gasteiger partial charge in [-0.3, -0.25) is 14.9 Å². The van der Waals surface area contributed by atoms with Crippen LogP contribution in [0.15, 0.2) is 18.3 Å². The predicted molar refractivity (Wildman–Crippen MR) is 56.6 cm³/mol. The topological polar surface area (TPSA) is 85.2 Å². The number of aromatic amines is 1. The van der Waals surface area contributed by atoms with Crippen molar-refractivity contribution in [3.8, 4) is 0 Å². The molecule has 0 aromatic carbocycles. The zero-order valence-corrected chi connectivity index (χ0v) is 9.17. The normalized spacial score (nSPS) is 14.1. The van der Waals surface area contributed by atoms with Crippen LogP contribution in [-0.4, -0.2) is 28.5 Å². The first-order valence-electron chi connectivity index (χ1n) is 5.01. The van der Waals surface area contributed by atoms with Crippen molar-refractivity contribution in [2.24, 2.45) is 0 Å². The molecular weight excluding hydrogens is 212 g/mol. The van der Waals surface area contributed by atoms with Crippen LogP contribution in [-0.2, 0) is 9.53 Å². The Labute approximate surface area is 92.8 Å². The predicted octanol–water partition coefficient (Wildman–Crippen LogP) is 1.33. The van der Waals surface area contributed by atoms with E-state index in [4.69, 9.17) is 4.74 Å². The minimum atomic E-state index is -1.02. The van der Waals surface area contributed by atoms with Gasteiger partial charge in [0.05, 0.1) is 6.61 Å². The molecule has 2 atom stereocenters. The molecule has 1 rings (SSSR count). The van der Waals surface area contributed by atoms with E-state index in [0.29, 0.717) is 5.69 Å². The highest BCUT2D eigenvalue weighted by Crippen LogP contribution is 2.21. The van der Waals surface area contributed by atoms with E-state index < -0.39 is 22.9 Å². The Bertz CT molecular complexity index is 361. The minimum absolute atomic E-state index is 0.209. The molecule has 0 amide bonds. The number of nitrogens with zero attached hydrogens (tertiary/aromatic N) is 1. The number of hydrogen-bond donors (Lipinski definition) is 1. The summed E-state index contributed by atoms with van der Waals surface area (Å²) in [6.07, 6.45) is 1.62. The highest BCUT2D eigenvalue weighted by Gasteiger charge is 2.36. The van der Waals surface area contributed by atoms with Gasteiger partial charge in [0.1, 0.15) is 0 Å². The average Bonchev–Trinajstić information content (AvgIpc) is 2.71. The number of nitrogens with one attached hydrogen (secondary N) is 1. The van der Waals surface area contributed by atoms with E-state index in [2.05, 4.69) is 4.98 Å². The van der Waals surface area contributed by atoms with Crippen LogP contribution in [0.5, 0.6) is 0 Å². The Hall–Kier alpha value is -1.85. The number of carbonyl (C=O) groups is 1. The Morgan fingerprint density at radius 3 is 2.81 bits per heavy atom. The fourth-order valence-electron chi connectivity index (χ4n) is 1.48. The molecule has 6 heteroatoms. The molecule has 16 heavy (non-hydrogen) atoms. The smallest absolute Gasteiger partial charge is 0.322 e. The van der Waals surface area contributed by atoms with Crippen molar-refractivity contribution < 1.29 is 14.5 Å². The number of nitro groups is 1. The fraction of sp³-hybridized carbons (Fsp3) is 0.500. The maximum absolute atomic E-state index is 11.6. The van der Waals surface area contributed by atoms with Crippen LogP contribution < -0.4 is 0 Å². The molecule has 0 aliphatic carbocycles. The third-order valence-corrected chi connectivity index (χ3v) is 2.31. The number of hydrogen-bond acceptors (Lipinski definition) is 4. The maximum atomic E-state index is 11.6. The van der Waals surface area contributed by atoms with Crippen LogP contribution >= 0.6 is 0 Å². The van der Waals surface area contributed by atoms with Gasteiger partial charge in [-0.15, -0.1) is 0 Å². The van der Waals surface area contributed by atoms with Gasteiger partial charge in [-0.05, 0) is 19.1 Å². The number of ether oxygens (including phenoxy) is 1. The first-order valence-corrected chi connectivity index (χ1v) is 5.01. The Morgan fingerprint density at radius 2 is 2.38 bits per heavy atom. The van der Waals surface area contributed by atoms with Crippen LogP contribution in [0.4, 0.5) is 0 Å². The van der Waals surface area contributed by atoms with Crippen molar-refractivity contribution in [3.05, 3.63) is 34.1 Å². The van der Waals surface area contributed by atoms with Gasteiger partial charge in [-0.2, -0.15) is 0 Å². The molecule has 0 saturated carbocycles. The van der Waals surface area contributed by atoms with Gasteiger partial charge in [-0.25, -0.2) is 0 Å². The van der Waals surface area contributed by atoms with E-state index in [-0.39, 0.29) is 6.61 Å². The van der Waals surface area contributed by atoms with Crippen molar-refractivity contribution in [1.82, 2.24) is 4.98 Å². The molecule has 0 fully saturated rings. The maximum Gasteiger partial charge on any atom is 0.322 e. The van der Waals surface area contributed by atoms with Crippen LogP contribution in [0, 0.1) is 10.1 Å². The lowest BCUT2D eigenvalue weighted by molar-refractivity contribution is -0.520. The summed E-state index contributed by atoms with van der Waals surface area (Å²) in [5.74, 6) is -1.46. The lowest BCUT2D eigenvalue weighted by atomic mass is 9.98. The monoisotopic (exact) mass is 226 g/mol. The number of aromatic nitrogens is 1. The lowest BCUT2D eigenvalue weighted by Gasteiger charge is -2.15. The Morgan fingerprint density at radius 1 is 1.69 bits per heavy atom. The summed E-state index contributed by atoms with van der Waals surface area (Å²) < 4.78 is 4.84. The van der Waals surface area contributed by atoms with Crippen LogP contribution in [0.3, 0.4) is 0 Å². The van der Waals surface area contributed by atoms with Crippen molar-refractivity contribution in [2.45, 2.75) is 25.8 Å². The summed E-state index contributed by atoms with van der Waals surface area (Å²) in [4.78, 5) is 24.7. The fourth-order valence-corrected chi connectivity index (χ4v) is 1.48. The van der Waals surface area contributed by atoms with Crippen molar-refractivity contribution >= 4 is 5.97 Å². The van der Waals surface area contributed by atoms with Crippen LogP contribution in [0.2, 0.25) is 0 Å². The second-order valence-corrected chi connectivity index (χ2v) is 3.38. The molecule has 1 heterocycles. The third-order valence-electron chi connectivity index (χ3n) is 2.31. The molecule has 1 aromatic heterocycles. The first-order chi connectivity index (χ1) is 7.57. The summed E-state index contributed by atoms with van der Waals surface area (Å²) in [6.45, 7) is 3.27. The Kier molecular flexibility index (Phi) is 4.04. The molecular formula is C10H14N2O4. The quantitative estimate of drug-likeness (QED) is 0.466. The molecule has 0 saturated heterocycles. The molecule has 0 spiro atoms. The van der Waals surface area contributed by atoms with Crippen LogP contribution in [0.25, 0.3) is 0 Å². The van der Waals surface area contributed by atoms with Gasteiger partial charge in [0, 0.05) is 23.7 Å². The zero-order valence-electron chi connectivity index (χ0n) is 9.17. The molecule has 1 N–H and O–H groups in total. The second-order valence-electron chi connectivity index (χ2n) is 3.38. The zero-order chi connectivity index (χ0) is 12.1. The average molecular weight is 226 g/mol. The second kappa shape index (κ2) is 5.29. The molecule has 1 aromatic rings. The molecule has 0 aliphatic heterocycles. The largest absolute Gasteiger partial charge is 0.465 e. The lowest BCUT2D eigenvalue weighted by Crippen LogP contribution is -2.31. The molecule has 88 valence electrons. The highest BCUT2D eigenvalue weighted by atomic mass is 16.6. The first kappa shape index (κ1) is 12.2. The van der Waals surface area contributed by atoms with Crippen LogP contribution in [0.1, 0.15) is 25.5 Å². The van der Waals surface area contributed by atoms with Gasteiger partial charge < -0.3 is 9.72 Å². The standard InChI is InChI=1S/C10H14N2O4/c1-3-16-10(13)9(7(2)12(14)15)8-5-4-6-11-8/h4-7,9,11H,3H2,1-2H3/t7-,9-/m0/s1. The van der Waals surface area contributed by atoms with Gasteiger partial charge in [-0.1, -0.05) is 0 Å². The molecule has 6 nitrogen and oxygen atoms in total. The summed E-state index contributed by atoms with van der Waals surface area (Å²) in [7, 11) is 0. The number of carbonyl (C=O) groups excluding carboxylic acids is 1. The van der Waals surface area contributed by atoms with E-state index >= 15 is 0 Å². The van der Waals surface area contributed by atoms with E-state index in [1.807, 2.05) is 0 Å². The minimum Gasteiger partial charge on any atom is -0.465 e. The van der Waals surface area contributed by atoms with E-state index in [9.17, 15) is 14.9 Å². The van der Waals surface area contributed by atoms with Gasteiger partial charge in [0.25, 0.3) is 0 Å². The summed E-state index contributed by atoms with van der Waals surface area (Å²) in [6, 6.07) is 2.31. The third kappa shape index (κ3) is 2.59.